The monoisotopic (exact) mass is 321 g/mol. The predicted molar refractivity (Wildman–Crippen MR) is 83.6 cm³/mol. The van der Waals surface area contributed by atoms with E-state index < -0.39 is 6.09 Å². The van der Waals surface area contributed by atoms with E-state index in [0.29, 0.717) is 21.4 Å². The molecule has 2 aromatic carbocycles. The lowest BCUT2D eigenvalue weighted by Gasteiger charge is -2.17. The molecule has 0 aromatic heterocycles. The predicted octanol–water partition coefficient (Wildman–Crippen LogP) is 4.19. The molecule has 22 heavy (non-hydrogen) atoms. The normalized spacial score (nSPS) is 10.2. The Morgan fingerprint density at radius 2 is 2.00 bits per heavy atom. The molecule has 0 spiro atoms. The number of carbonyl (C=O) groups is 1. The third-order valence-corrected chi connectivity index (χ3v) is 3.33. The van der Waals surface area contributed by atoms with Crippen molar-refractivity contribution in [2.75, 3.05) is 12.2 Å². The van der Waals surface area contributed by atoms with Crippen molar-refractivity contribution in [2.24, 2.45) is 0 Å². The minimum atomic E-state index is -0.874. The number of para-hydroxylation sites is 1. The molecular weight excluding hydrogens is 306 g/mol. The first-order chi connectivity index (χ1) is 10.5. The summed E-state index contributed by atoms with van der Waals surface area (Å²) < 4.78 is 10.2. The van der Waals surface area contributed by atoms with Crippen molar-refractivity contribution >= 4 is 23.4 Å². The van der Waals surface area contributed by atoms with Crippen molar-refractivity contribution in [3.8, 4) is 5.75 Å². The zero-order valence-corrected chi connectivity index (χ0v) is 13.0. The van der Waals surface area contributed by atoms with E-state index in [9.17, 15) is 10.0 Å². The maximum atomic E-state index is 11.4. The van der Waals surface area contributed by atoms with E-state index in [2.05, 4.69) is 4.74 Å². The highest BCUT2D eigenvalue weighted by Crippen LogP contribution is 2.27. The van der Waals surface area contributed by atoms with Crippen LogP contribution in [0.2, 0.25) is 5.02 Å². The van der Waals surface area contributed by atoms with Crippen LogP contribution >= 0.6 is 11.6 Å². The van der Waals surface area contributed by atoms with Crippen LogP contribution in [0.5, 0.6) is 5.75 Å². The fourth-order valence-corrected chi connectivity index (χ4v) is 2.19. The highest BCUT2D eigenvalue weighted by atomic mass is 35.5. The second-order valence-electron chi connectivity index (χ2n) is 4.63. The molecule has 0 saturated heterocycles. The van der Waals surface area contributed by atoms with Gasteiger partial charge >= 0.3 is 6.09 Å². The van der Waals surface area contributed by atoms with Gasteiger partial charge in [0.2, 0.25) is 0 Å². The van der Waals surface area contributed by atoms with Crippen molar-refractivity contribution in [2.45, 2.75) is 13.5 Å². The first-order valence-electron chi connectivity index (χ1n) is 6.56. The van der Waals surface area contributed by atoms with E-state index in [1.165, 1.54) is 7.11 Å². The van der Waals surface area contributed by atoms with Crippen molar-refractivity contribution < 1.29 is 19.5 Å². The molecule has 2 aromatic rings. The van der Waals surface area contributed by atoms with Crippen molar-refractivity contribution in [3.05, 3.63) is 58.6 Å². The van der Waals surface area contributed by atoms with Gasteiger partial charge in [0.1, 0.15) is 12.4 Å². The Hall–Kier alpha value is -2.24. The van der Waals surface area contributed by atoms with Gasteiger partial charge in [0.25, 0.3) is 0 Å². The number of ether oxygens (including phenoxy) is 2. The summed E-state index contributed by atoms with van der Waals surface area (Å²) in [6.07, 6.45) is -0.874. The van der Waals surface area contributed by atoms with E-state index in [4.69, 9.17) is 16.3 Å². The number of hydrogen-bond acceptors (Lipinski definition) is 4. The van der Waals surface area contributed by atoms with Gasteiger partial charge in [0.15, 0.2) is 0 Å². The van der Waals surface area contributed by atoms with E-state index in [-0.39, 0.29) is 12.3 Å². The summed E-state index contributed by atoms with van der Waals surface area (Å²) in [7, 11) is 1.19. The summed E-state index contributed by atoms with van der Waals surface area (Å²) in [4.78, 5) is 11.4. The van der Waals surface area contributed by atoms with Gasteiger partial charge in [-0.2, -0.15) is 5.06 Å². The summed E-state index contributed by atoms with van der Waals surface area (Å²) in [5.74, 6) is 0.532. The minimum absolute atomic E-state index is 0.146. The summed E-state index contributed by atoms with van der Waals surface area (Å²) in [6, 6.07) is 12.3. The van der Waals surface area contributed by atoms with Crippen LogP contribution < -0.4 is 9.80 Å². The number of hydroxylamine groups is 1. The molecule has 1 amide bonds. The molecule has 116 valence electrons. The quantitative estimate of drug-likeness (QED) is 0.677. The third kappa shape index (κ3) is 3.69. The molecular formula is C16H16ClNO4. The van der Waals surface area contributed by atoms with Gasteiger partial charge < -0.3 is 9.47 Å². The second kappa shape index (κ2) is 7.15. The number of carbonyl (C=O) groups excluding carboxylic acids is 1. The SMILES string of the molecule is COC(=O)N(O)c1ccccc1COc1ccc(C)cc1Cl. The fourth-order valence-electron chi connectivity index (χ4n) is 1.90. The highest BCUT2D eigenvalue weighted by molar-refractivity contribution is 6.32. The topological polar surface area (TPSA) is 59.0 Å². The van der Waals surface area contributed by atoms with Gasteiger partial charge in [-0.3, -0.25) is 5.21 Å². The average molecular weight is 322 g/mol. The summed E-state index contributed by atoms with van der Waals surface area (Å²) in [5.41, 5.74) is 1.94. The number of anilines is 1. The average Bonchev–Trinajstić information content (AvgIpc) is 2.53. The van der Waals surface area contributed by atoms with Gasteiger partial charge in [-0.1, -0.05) is 35.9 Å². The lowest BCUT2D eigenvalue weighted by atomic mass is 10.2. The number of halogens is 1. The maximum absolute atomic E-state index is 11.4. The minimum Gasteiger partial charge on any atom is -0.487 e. The van der Waals surface area contributed by atoms with Gasteiger partial charge in [-0.25, -0.2) is 4.79 Å². The van der Waals surface area contributed by atoms with E-state index in [0.717, 1.165) is 5.56 Å². The Kier molecular flexibility index (Phi) is 5.25. The molecule has 0 atom stereocenters. The highest BCUT2D eigenvalue weighted by Gasteiger charge is 2.17. The van der Waals surface area contributed by atoms with Crippen molar-refractivity contribution in [1.82, 2.24) is 0 Å². The van der Waals surface area contributed by atoms with E-state index in [1.807, 2.05) is 13.0 Å². The number of amides is 1. The Balaban J connectivity index is 2.18. The van der Waals surface area contributed by atoms with Crippen molar-refractivity contribution in [1.29, 1.82) is 0 Å². The van der Waals surface area contributed by atoms with Crippen LogP contribution in [0.3, 0.4) is 0 Å². The number of aryl methyl sites for hydroxylation is 1. The van der Waals surface area contributed by atoms with Gasteiger partial charge in [-0.15, -0.1) is 0 Å². The second-order valence-corrected chi connectivity index (χ2v) is 5.04. The van der Waals surface area contributed by atoms with Crippen LogP contribution in [-0.2, 0) is 11.3 Å². The smallest absolute Gasteiger partial charge is 0.438 e. The zero-order chi connectivity index (χ0) is 16.1. The molecule has 2 rings (SSSR count). The molecule has 0 radical (unpaired) electrons. The molecule has 0 aliphatic rings. The Bertz CT molecular complexity index is 675. The molecule has 0 aliphatic heterocycles. The lowest BCUT2D eigenvalue weighted by molar-refractivity contribution is 0.140. The Labute approximate surface area is 133 Å². The Morgan fingerprint density at radius 1 is 1.27 bits per heavy atom. The molecule has 0 heterocycles. The fraction of sp³-hybridized carbons (Fsp3) is 0.188. The van der Waals surface area contributed by atoms with Crippen LogP contribution in [0, 0.1) is 6.92 Å². The summed E-state index contributed by atoms with van der Waals surface area (Å²) >= 11 is 6.11. The molecule has 1 N–H and O–H groups in total. The van der Waals surface area contributed by atoms with E-state index in [1.54, 1.807) is 36.4 Å². The third-order valence-electron chi connectivity index (χ3n) is 3.04. The summed E-state index contributed by atoms with van der Waals surface area (Å²) in [6.45, 7) is 2.08. The Morgan fingerprint density at radius 3 is 2.68 bits per heavy atom. The number of hydrogen-bond donors (Lipinski definition) is 1. The van der Waals surface area contributed by atoms with Crippen LogP contribution in [0.1, 0.15) is 11.1 Å². The molecule has 5 nitrogen and oxygen atoms in total. The molecule has 6 heteroatoms. The van der Waals surface area contributed by atoms with Crippen molar-refractivity contribution in [3.63, 3.8) is 0 Å². The van der Waals surface area contributed by atoms with Crippen LogP contribution in [-0.4, -0.2) is 18.4 Å². The largest absolute Gasteiger partial charge is 0.487 e. The van der Waals surface area contributed by atoms with Gasteiger partial charge in [-0.05, 0) is 30.7 Å². The van der Waals surface area contributed by atoms with Crippen LogP contribution in [0.25, 0.3) is 0 Å². The number of benzene rings is 2. The van der Waals surface area contributed by atoms with E-state index >= 15 is 0 Å². The number of rotatable bonds is 4. The molecule has 0 unspecified atom stereocenters. The number of nitrogens with zero attached hydrogens (tertiary/aromatic N) is 1. The zero-order valence-electron chi connectivity index (χ0n) is 12.2. The standard InChI is InChI=1S/C16H16ClNO4/c1-11-7-8-15(13(17)9-11)22-10-12-5-3-4-6-14(12)18(20)16(19)21-2/h3-9,20H,10H2,1-2H3. The maximum Gasteiger partial charge on any atom is 0.438 e. The first-order valence-corrected chi connectivity index (χ1v) is 6.94. The van der Waals surface area contributed by atoms with Crippen LogP contribution in [0.15, 0.2) is 42.5 Å². The molecule has 0 fully saturated rings. The van der Waals surface area contributed by atoms with Crippen LogP contribution in [0.4, 0.5) is 10.5 Å². The molecule has 0 aliphatic carbocycles. The van der Waals surface area contributed by atoms with Gasteiger partial charge in [0.05, 0.1) is 17.8 Å². The summed E-state index contributed by atoms with van der Waals surface area (Å²) in [5, 5.41) is 10.8. The number of methoxy groups -OCH3 is 1. The first kappa shape index (κ1) is 16.1. The molecule has 0 bridgehead atoms. The van der Waals surface area contributed by atoms with Gasteiger partial charge in [0, 0.05) is 5.56 Å². The molecule has 0 saturated carbocycles. The lowest BCUT2D eigenvalue weighted by Crippen LogP contribution is -2.27.